The molecular weight excluding hydrogens is 262 g/mol. The van der Waals surface area contributed by atoms with Gasteiger partial charge in [-0.25, -0.2) is 0 Å². The number of nitrogens with zero attached hydrogens (tertiary/aromatic N) is 2. The molecule has 0 atom stereocenters. The van der Waals surface area contributed by atoms with Crippen molar-refractivity contribution in [2.24, 2.45) is 0 Å². The minimum Gasteiger partial charge on any atom is -0.308 e. The Morgan fingerprint density at radius 1 is 1.47 bits per heavy atom. The van der Waals surface area contributed by atoms with Crippen LogP contribution >= 0.6 is 11.9 Å². The maximum absolute atomic E-state index is 12.3. The highest BCUT2D eigenvalue weighted by molar-refractivity contribution is 7.97. The lowest BCUT2D eigenvalue weighted by atomic mass is 10.2. The van der Waals surface area contributed by atoms with Crippen molar-refractivity contribution in [3.63, 3.8) is 0 Å². The van der Waals surface area contributed by atoms with Gasteiger partial charge < -0.3 is 4.90 Å². The molecule has 0 radical (unpaired) electrons. The fourth-order valence-electron chi connectivity index (χ4n) is 1.90. The Hall–Kier alpha value is -1.08. The van der Waals surface area contributed by atoms with E-state index < -0.39 is 0 Å². The minimum absolute atomic E-state index is 0.0336. The largest absolute Gasteiger partial charge is 0.308 e. The Bertz CT molecular complexity index is 408. The molecule has 5 nitrogen and oxygen atoms in total. The molecule has 1 amide bonds. The number of anilines is 1. The Morgan fingerprint density at radius 3 is 2.79 bits per heavy atom. The lowest BCUT2D eigenvalue weighted by Gasteiger charge is -2.27. The number of hydrogen-bond donors (Lipinski definition) is 1. The number of para-hydroxylation sites is 1. The van der Waals surface area contributed by atoms with Gasteiger partial charge >= 0.3 is 0 Å². The average Bonchev–Trinajstić information content (AvgIpc) is 2.90. The van der Waals surface area contributed by atoms with Crippen LogP contribution in [0.4, 0.5) is 5.69 Å². The second-order valence-corrected chi connectivity index (χ2v) is 5.43. The Kier molecular flexibility index (Phi) is 5.21. The molecule has 1 aromatic rings. The molecule has 1 aliphatic rings. The standard InChI is InChI=1S/C13H19N3O2S/c1-11(2)16(12-6-4-3-5-7-12)13(17)8-18-15-9-14-10-19-15/h3-7,11,14H,8-10H2,1-2H3. The molecule has 1 saturated heterocycles. The zero-order valence-corrected chi connectivity index (χ0v) is 12.0. The maximum Gasteiger partial charge on any atom is 0.255 e. The zero-order chi connectivity index (χ0) is 13.7. The van der Waals surface area contributed by atoms with Gasteiger partial charge in [-0.2, -0.15) is 0 Å². The summed E-state index contributed by atoms with van der Waals surface area (Å²) in [6.45, 7) is 4.70. The molecule has 1 aliphatic heterocycles. The molecule has 0 aliphatic carbocycles. The summed E-state index contributed by atoms with van der Waals surface area (Å²) in [5.74, 6) is 0.787. The SMILES string of the molecule is CC(C)N(C(=O)CON1CNCS1)c1ccccc1. The number of carbonyl (C=O) groups excluding carboxylic acids is 1. The van der Waals surface area contributed by atoms with Gasteiger partial charge in [0, 0.05) is 11.7 Å². The van der Waals surface area contributed by atoms with Crippen molar-refractivity contribution in [3.05, 3.63) is 30.3 Å². The number of benzene rings is 1. The van der Waals surface area contributed by atoms with Crippen molar-refractivity contribution in [1.82, 2.24) is 9.79 Å². The van der Waals surface area contributed by atoms with Gasteiger partial charge in [0.05, 0.1) is 12.5 Å². The third kappa shape index (κ3) is 3.94. The maximum atomic E-state index is 12.3. The van der Waals surface area contributed by atoms with Crippen molar-refractivity contribution < 1.29 is 9.63 Å². The highest BCUT2D eigenvalue weighted by atomic mass is 32.2. The van der Waals surface area contributed by atoms with E-state index in [1.807, 2.05) is 44.2 Å². The van der Waals surface area contributed by atoms with Gasteiger partial charge in [-0.05, 0) is 37.9 Å². The van der Waals surface area contributed by atoms with Gasteiger partial charge in [-0.3, -0.25) is 14.9 Å². The van der Waals surface area contributed by atoms with Crippen LogP contribution in [0.2, 0.25) is 0 Å². The Balaban J connectivity index is 1.96. The average molecular weight is 281 g/mol. The van der Waals surface area contributed by atoms with Crippen LogP contribution < -0.4 is 10.2 Å². The summed E-state index contributed by atoms with van der Waals surface area (Å²) < 4.78 is 1.70. The molecule has 1 N–H and O–H groups in total. The van der Waals surface area contributed by atoms with E-state index in [4.69, 9.17) is 4.84 Å². The smallest absolute Gasteiger partial charge is 0.255 e. The van der Waals surface area contributed by atoms with E-state index in [9.17, 15) is 4.79 Å². The molecule has 1 fully saturated rings. The first-order valence-corrected chi connectivity index (χ1v) is 7.24. The van der Waals surface area contributed by atoms with Gasteiger partial charge in [-0.15, -0.1) is 4.47 Å². The summed E-state index contributed by atoms with van der Waals surface area (Å²) in [6.07, 6.45) is 0. The molecule has 1 heterocycles. The topological polar surface area (TPSA) is 44.8 Å². The monoisotopic (exact) mass is 281 g/mol. The number of hydrogen-bond acceptors (Lipinski definition) is 5. The van der Waals surface area contributed by atoms with E-state index in [-0.39, 0.29) is 18.6 Å². The Labute approximate surface area is 118 Å². The van der Waals surface area contributed by atoms with Crippen molar-refractivity contribution in [1.29, 1.82) is 0 Å². The number of rotatable bonds is 5. The number of nitrogens with one attached hydrogen (secondary N) is 1. The van der Waals surface area contributed by atoms with E-state index in [0.29, 0.717) is 6.67 Å². The lowest BCUT2D eigenvalue weighted by molar-refractivity contribution is -0.136. The molecule has 0 aromatic heterocycles. The van der Waals surface area contributed by atoms with E-state index in [1.54, 1.807) is 9.37 Å². The minimum atomic E-state index is -0.0336. The van der Waals surface area contributed by atoms with Crippen molar-refractivity contribution >= 4 is 23.5 Å². The van der Waals surface area contributed by atoms with E-state index in [2.05, 4.69) is 5.32 Å². The summed E-state index contributed by atoms with van der Waals surface area (Å²) in [5, 5.41) is 3.12. The third-order valence-electron chi connectivity index (χ3n) is 2.70. The summed E-state index contributed by atoms with van der Waals surface area (Å²) in [5.41, 5.74) is 0.901. The molecule has 0 unspecified atom stereocenters. The van der Waals surface area contributed by atoms with Crippen LogP contribution in [0.15, 0.2) is 30.3 Å². The Morgan fingerprint density at radius 2 is 2.21 bits per heavy atom. The van der Waals surface area contributed by atoms with Crippen molar-refractivity contribution in [3.8, 4) is 0 Å². The molecule has 6 heteroatoms. The van der Waals surface area contributed by atoms with Gasteiger partial charge in [-0.1, -0.05) is 18.2 Å². The quantitative estimate of drug-likeness (QED) is 0.834. The molecule has 1 aromatic carbocycles. The first kappa shape index (κ1) is 14.3. The van der Waals surface area contributed by atoms with Crippen LogP contribution in [0.5, 0.6) is 0 Å². The predicted octanol–water partition coefficient (Wildman–Crippen LogP) is 1.83. The number of carbonyl (C=O) groups is 1. The van der Waals surface area contributed by atoms with Crippen LogP contribution in [-0.4, -0.2) is 35.6 Å². The third-order valence-corrected chi connectivity index (χ3v) is 3.56. The summed E-state index contributed by atoms with van der Waals surface area (Å²) >= 11 is 1.53. The fourth-order valence-corrected chi connectivity index (χ4v) is 2.53. The second-order valence-electron chi connectivity index (χ2n) is 4.48. The molecule has 104 valence electrons. The highest BCUT2D eigenvalue weighted by Crippen LogP contribution is 2.18. The predicted molar refractivity (Wildman–Crippen MR) is 77.3 cm³/mol. The molecule has 2 rings (SSSR count). The first-order chi connectivity index (χ1) is 9.18. The number of hydroxylamine groups is 1. The first-order valence-electron chi connectivity index (χ1n) is 6.29. The molecular formula is C13H19N3O2S. The molecule has 0 bridgehead atoms. The fraction of sp³-hybridized carbons (Fsp3) is 0.462. The van der Waals surface area contributed by atoms with Crippen LogP contribution in [0.25, 0.3) is 0 Å². The van der Waals surface area contributed by atoms with Crippen LogP contribution in [0.1, 0.15) is 13.8 Å². The number of amides is 1. The van der Waals surface area contributed by atoms with E-state index in [1.165, 1.54) is 11.9 Å². The van der Waals surface area contributed by atoms with Crippen LogP contribution in [0.3, 0.4) is 0 Å². The highest BCUT2D eigenvalue weighted by Gasteiger charge is 2.21. The van der Waals surface area contributed by atoms with Crippen molar-refractivity contribution in [2.75, 3.05) is 24.1 Å². The van der Waals surface area contributed by atoms with E-state index in [0.717, 1.165) is 11.6 Å². The molecule has 0 saturated carbocycles. The summed E-state index contributed by atoms with van der Waals surface area (Å²) in [6, 6.07) is 9.77. The second kappa shape index (κ2) is 6.91. The molecule has 19 heavy (non-hydrogen) atoms. The summed E-state index contributed by atoms with van der Waals surface area (Å²) in [7, 11) is 0. The molecule has 0 spiro atoms. The summed E-state index contributed by atoms with van der Waals surface area (Å²) in [4.78, 5) is 19.5. The van der Waals surface area contributed by atoms with Gasteiger partial charge in [0.2, 0.25) is 0 Å². The van der Waals surface area contributed by atoms with E-state index >= 15 is 0 Å². The van der Waals surface area contributed by atoms with Gasteiger partial charge in [0.1, 0.15) is 6.61 Å². The van der Waals surface area contributed by atoms with Crippen LogP contribution in [-0.2, 0) is 9.63 Å². The lowest BCUT2D eigenvalue weighted by Crippen LogP contribution is -2.40. The van der Waals surface area contributed by atoms with Gasteiger partial charge in [0.15, 0.2) is 0 Å². The van der Waals surface area contributed by atoms with Crippen molar-refractivity contribution in [2.45, 2.75) is 19.9 Å². The normalized spacial score (nSPS) is 15.9. The van der Waals surface area contributed by atoms with Crippen LogP contribution in [0, 0.1) is 0 Å². The van der Waals surface area contributed by atoms with Gasteiger partial charge in [0.25, 0.3) is 5.91 Å². The zero-order valence-electron chi connectivity index (χ0n) is 11.2.